The number of rotatable bonds is 2. The van der Waals surface area contributed by atoms with E-state index in [1.807, 2.05) is 48.9 Å². The van der Waals surface area contributed by atoms with Crippen molar-refractivity contribution >= 4 is 17.9 Å². The van der Waals surface area contributed by atoms with Crippen LogP contribution in [0.5, 0.6) is 0 Å². The van der Waals surface area contributed by atoms with Crippen LogP contribution in [0.3, 0.4) is 0 Å². The fourth-order valence-electron chi connectivity index (χ4n) is 1.78. The van der Waals surface area contributed by atoms with E-state index >= 15 is 0 Å². The van der Waals surface area contributed by atoms with Gasteiger partial charge in [0.15, 0.2) is 6.29 Å². The van der Waals surface area contributed by atoms with Crippen molar-refractivity contribution in [3.05, 3.63) is 46.7 Å². The number of nitrogens with zero attached hydrogens (tertiary/aromatic N) is 1. The van der Waals surface area contributed by atoms with E-state index in [1.54, 1.807) is 0 Å². The van der Waals surface area contributed by atoms with E-state index in [0.717, 1.165) is 23.1 Å². The Morgan fingerprint density at radius 1 is 1.31 bits per heavy atom. The highest BCUT2D eigenvalue weighted by Crippen LogP contribution is 2.27. The van der Waals surface area contributed by atoms with Gasteiger partial charge in [-0.25, -0.2) is 0 Å². The quantitative estimate of drug-likeness (QED) is 0.728. The van der Waals surface area contributed by atoms with Crippen LogP contribution in [0, 0.1) is 6.92 Å². The van der Waals surface area contributed by atoms with Crippen molar-refractivity contribution < 1.29 is 4.79 Å². The molecule has 0 N–H and O–H groups in total. The molecular formula is C13H12ClNO. The molecule has 3 heteroatoms. The van der Waals surface area contributed by atoms with Gasteiger partial charge in [0.25, 0.3) is 0 Å². The average Bonchev–Trinajstić information content (AvgIpc) is 2.55. The van der Waals surface area contributed by atoms with Gasteiger partial charge in [-0.3, -0.25) is 4.79 Å². The molecule has 0 aliphatic carbocycles. The van der Waals surface area contributed by atoms with E-state index in [-0.39, 0.29) is 0 Å². The molecule has 0 aliphatic rings. The maximum Gasteiger partial charge on any atom is 0.167 e. The monoisotopic (exact) mass is 233 g/mol. The molecule has 2 rings (SSSR count). The summed E-state index contributed by atoms with van der Waals surface area (Å²) in [5, 5.41) is 0.677. The van der Waals surface area contributed by atoms with Crippen molar-refractivity contribution in [2.45, 2.75) is 6.92 Å². The normalized spacial score (nSPS) is 10.4. The summed E-state index contributed by atoms with van der Waals surface area (Å²) in [6.45, 7) is 1.97. The molecule has 16 heavy (non-hydrogen) atoms. The number of halogens is 1. The summed E-state index contributed by atoms with van der Waals surface area (Å²) in [6.07, 6.45) is 0.878. The van der Waals surface area contributed by atoms with Crippen molar-refractivity contribution in [3.63, 3.8) is 0 Å². The van der Waals surface area contributed by atoms with E-state index in [4.69, 9.17) is 11.6 Å². The van der Waals surface area contributed by atoms with Crippen LogP contribution < -0.4 is 0 Å². The van der Waals surface area contributed by atoms with Gasteiger partial charge < -0.3 is 4.57 Å². The van der Waals surface area contributed by atoms with Crippen molar-refractivity contribution in [2.75, 3.05) is 0 Å². The highest BCUT2D eigenvalue weighted by atomic mass is 35.5. The second-order valence-corrected chi connectivity index (χ2v) is 4.21. The highest BCUT2D eigenvalue weighted by Gasteiger charge is 2.11. The van der Waals surface area contributed by atoms with Gasteiger partial charge in [0.05, 0.1) is 5.69 Å². The van der Waals surface area contributed by atoms with E-state index in [1.165, 1.54) is 0 Å². The first-order chi connectivity index (χ1) is 7.63. The lowest BCUT2D eigenvalue weighted by Crippen LogP contribution is -1.97. The van der Waals surface area contributed by atoms with Crippen LogP contribution in [-0.4, -0.2) is 10.9 Å². The fraction of sp³-hybridized carbons (Fsp3) is 0.154. The fourth-order valence-corrected chi connectivity index (χ4v) is 1.97. The predicted molar refractivity (Wildman–Crippen MR) is 66.0 cm³/mol. The molecule has 0 radical (unpaired) electrons. The summed E-state index contributed by atoms with van der Waals surface area (Å²) in [4.78, 5) is 11.1. The maximum atomic E-state index is 11.1. The Bertz CT molecular complexity index is 543. The van der Waals surface area contributed by atoms with Crippen molar-refractivity contribution in [1.82, 2.24) is 4.57 Å². The molecule has 0 unspecified atom stereocenters. The molecule has 0 saturated carbocycles. The first-order valence-electron chi connectivity index (χ1n) is 5.01. The number of aldehydes is 1. The van der Waals surface area contributed by atoms with E-state index in [2.05, 4.69) is 0 Å². The Kier molecular flexibility index (Phi) is 2.84. The van der Waals surface area contributed by atoms with Crippen LogP contribution in [0.25, 0.3) is 11.1 Å². The van der Waals surface area contributed by atoms with Crippen LogP contribution in [0.1, 0.15) is 16.2 Å². The number of carbonyl (C=O) groups excluding carboxylic acids is 1. The van der Waals surface area contributed by atoms with Gasteiger partial charge in [0, 0.05) is 23.3 Å². The number of hydrogen-bond acceptors (Lipinski definition) is 1. The lowest BCUT2D eigenvalue weighted by Gasteiger charge is -2.02. The van der Waals surface area contributed by atoms with Crippen LogP contribution in [-0.2, 0) is 7.05 Å². The summed E-state index contributed by atoms with van der Waals surface area (Å²) in [5.74, 6) is 0. The molecule has 82 valence electrons. The third-order valence-corrected chi connectivity index (χ3v) is 3.00. The number of aromatic nitrogens is 1. The van der Waals surface area contributed by atoms with Crippen molar-refractivity contribution in [1.29, 1.82) is 0 Å². The Morgan fingerprint density at radius 2 is 2.06 bits per heavy atom. The lowest BCUT2D eigenvalue weighted by atomic mass is 10.1. The number of benzene rings is 1. The Labute approximate surface area is 99.5 Å². The summed E-state index contributed by atoms with van der Waals surface area (Å²) < 4.78 is 1.88. The Morgan fingerprint density at radius 3 is 2.69 bits per heavy atom. The maximum absolute atomic E-state index is 11.1. The smallest absolute Gasteiger partial charge is 0.167 e. The molecule has 0 bridgehead atoms. The van der Waals surface area contributed by atoms with Gasteiger partial charge in [-0.05, 0) is 30.7 Å². The van der Waals surface area contributed by atoms with Gasteiger partial charge in [-0.1, -0.05) is 23.7 Å². The lowest BCUT2D eigenvalue weighted by molar-refractivity contribution is 0.111. The average molecular weight is 234 g/mol. The first kappa shape index (κ1) is 11.0. The van der Waals surface area contributed by atoms with Crippen LogP contribution in [0.2, 0.25) is 5.02 Å². The molecule has 0 atom stereocenters. The first-order valence-corrected chi connectivity index (χ1v) is 5.38. The SMILES string of the molecule is Cc1cc(-c2cccc(Cl)c2)c(C=O)n1C. The Hall–Kier alpha value is -1.54. The van der Waals surface area contributed by atoms with E-state index < -0.39 is 0 Å². The largest absolute Gasteiger partial charge is 0.345 e. The Balaban J connectivity index is 2.64. The zero-order valence-corrected chi connectivity index (χ0v) is 9.95. The van der Waals surface area contributed by atoms with Gasteiger partial charge in [0.2, 0.25) is 0 Å². The van der Waals surface area contributed by atoms with Crippen LogP contribution in [0.15, 0.2) is 30.3 Å². The second kappa shape index (κ2) is 4.14. The molecule has 0 spiro atoms. The predicted octanol–water partition coefficient (Wildman–Crippen LogP) is 3.47. The molecule has 0 fully saturated rings. The molecule has 1 aromatic heterocycles. The number of aryl methyl sites for hydroxylation is 1. The summed E-state index contributed by atoms with van der Waals surface area (Å²) >= 11 is 5.94. The number of carbonyl (C=O) groups is 1. The minimum Gasteiger partial charge on any atom is -0.345 e. The molecule has 0 saturated heterocycles. The third-order valence-electron chi connectivity index (χ3n) is 2.77. The zero-order chi connectivity index (χ0) is 11.7. The topological polar surface area (TPSA) is 22.0 Å². The van der Waals surface area contributed by atoms with Gasteiger partial charge in [-0.2, -0.15) is 0 Å². The van der Waals surface area contributed by atoms with E-state index in [0.29, 0.717) is 10.7 Å². The molecular weight excluding hydrogens is 222 g/mol. The second-order valence-electron chi connectivity index (χ2n) is 3.77. The van der Waals surface area contributed by atoms with Crippen molar-refractivity contribution in [3.8, 4) is 11.1 Å². The van der Waals surface area contributed by atoms with E-state index in [9.17, 15) is 4.79 Å². The van der Waals surface area contributed by atoms with Gasteiger partial charge in [-0.15, -0.1) is 0 Å². The minimum absolute atomic E-state index is 0.677. The molecule has 2 aromatic rings. The standard InChI is InChI=1S/C13H12ClNO/c1-9-6-12(13(8-16)15(9)2)10-4-3-5-11(14)7-10/h3-8H,1-2H3. The molecule has 1 aromatic carbocycles. The van der Waals surface area contributed by atoms with Gasteiger partial charge >= 0.3 is 0 Å². The zero-order valence-electron chi connectivity index (χ0n) is 9.20. The molecule has 0 aliphatic heterocycles. The van der Waals surface area contributed by atoms with Crippen molar-refractivity contribution in [2.24, 2.45) is 7.05 Å². The minimum atomic E-state index is 0.677. The molecule has 2 nitrogen and oxygen atoms in total. The van der Waals surface area contributed by atoms with Gasteiger partial charge in [0.1, 0.15) is 0 Å². The summed E-state index contributed by atoms with van der Waals surface area (Å²) in [7, 11) is 1.88. The molecule has 0 amide bonds. The summed E-state index contributed by atoms with van der Waals surface area (Å²) in [6, 6.07) is 9.52. The third kappa shape index (κ3) is 1.76. The van der Waals surface area contributed by atoms with Crippen LogP contribution in [0.4, 0.5) is 0 Å². The number of hydrogen-bond donors (Lipinski definition) is 0. The summed E-state index contributed by atoms with van der Waals surface area (Å²) in [5.41, 5.74) is 3.63. The van der Waals surface area contributed by atoms with Crippen LogP contribution >= 0.6 is 11.6 Å². The molecule has 1 heterocycles. The highest BCUT2D eigenvalue weighted by molar-refractivity contribution is 6.30.